The molecule has 1 N–H and O–H groups in total. The highest BCUT2D eigenvalue weighted by molar-refractivity contribution is 5.92. The van der Waals surface area contributed by atoms with E-state index in [2.05, 4.69) is 5.10 Å². The minimum absolute atomic E-state index is 0.361. The van der Waals surface area contributed by atoms with E-state index >= 15 is 0 Å². The lowest BCUT2D eigenvalue weighted by Gasteiger charge is -2.10. The molecular weight excluding hydrogens is 277 g/mol. The van der Waals surface area contributed by atoms with Crippen molar-refractivity contribution in [3.05, 3.63) is 58.3 Å². The van der Waals surface area contributed by atoms with Crippen molar-refractivity contribution in [3.63, 3.8) is 0 Å². The molecule has 2 heterocycles. The number of carboxylic acid groups (broad SMARTS) is 1. The van der Waals surface area contributed by atoms with Crippen molar-refractivity contribution in [1.82, 2.24) is 14.3 Å². The summed E-state index contributed by atoms with van der Waals surface area (Å²) in [5, 5.41) is 13.7. The average molecular weight is 287 g/mol. The Morgan fingerprint density at radius 1 is 1.29 bits per heavy atom. The average Bonchev–Trinajstić information content (AvgIpc) is 2.81. The minimum Gasteiger partial charge on any atom is -0.477 e. The van der Waals surface area contributed by atoms with Crippen molar-refractivity contribution in [3.8, 4) is 5.69 Å². The highest BCUT2D eigenvalue weighted by atomic mass is 19.1. The summed E-state index contributed by atoms with van der Waals surface area (Å²) in [5.74, 6) is -1.76. The first-order valence-electron chi connectivity index (χ1n) is 6.06. The molecule has 0 saturated carbocycles. The van der Waals surface area contributed by atoms with Gasteiger partial charge in [0, 0.05) is 12.4 Å². The maximum Gasteiger partial charge on any atom is 0.341 e. The first-order chi connectivity index (χ1) is 9.99. The number of hydrogen-bond donors (Lipinski definition) is 1. The van der Waals surface area contributed by atoms with Crippen LogP contribution in [0.2, 0.25) is 0 Å². The van der Waals surface area contributed by atoms with Gasteiger partial charge in [-0.2, -0.15) is 5.10 Å². The van der Waals surface area contributed by atoms with Crippen LogP contribution in [0.25, 0.3) is 16.7 Å². The quantitative estimate of drug-likeness (QED) is 0.776. The molecule has 3 aromatic rings. The van der Waals surface area contributed by atoms with Gasteiger partial charge in [-0.25, -0.2) is 9.18 Å². The van der Waals surface area contributed by atoms with Crippen LogP contribution in [-0.4, -0.2) is 25.4 Å². The Kier molecular flexibility index (Phi) is 2.83. The van der Waals surface area contributed by atoms with Gasteiger partial charge in [0.05, 0.1) is 11.9 Å². The Labute approximate surface area is 117 Å². The van der Waals surface area contributed by atoms with Crippen LogP contribution in [0.1, 0.15) is 10.4 Å². The zero-order chi connectivity index (χ0) is 15.1. The largest absolute Gasteiger partial charge is 0.477 e. The second-order valence-corrected chi connectivity index (χ2v) is 4.53. The summed E-state index contributed by atoms with van der Waals surface area (Å²) >= 11 is 0. The van der Waals surface area contributed by atoms with E-state index in [0.717, 1.165) is 0 Å². The molecule has 0 aliphatic carbocycles. The molecule has 0 radical (unpaired) electrons. The second-order valence-electron chi connectivity index (χ2n) is 4.53. The van der Waals surface area contributed by atoms with Gasteiger partial charge in [0.15, 0.2) is 0 Å². The number of pyridine rings is 1. The van der Waals surface area contributed by atoms with Gasteiger partial charge in [-0.05, 0) is 30.3 Å². The summed E-state index contributed by atoms with van der Waals surface area (Å²) in [7, 11) is 1.64. The number of halogens is 1. The number of nitrogens with zero attached hydrogens (tertiary/aromatic N) is 3. The maximum atomic E-state index is 13.0. The number of carboxylic acids is 1. The minimum atomic E-state index is -1.32. The van der Waals surface area contributed by atoms with Crippen molar-refractivity contribution in [2.75, 3.05) is 0 Å². The summed E-state index contributed by atoms with van der Waals surface area (Å²) in [4.78, 5) is 23.6. The van der Waals surface area contributed by atoms with E-state index < -0.39 is 17.3 Å². The van der Waals surface area contributed by atoms with Crippen LogP contribution in [0.15, 0.2) is 41.3 Å². The monoisotopic (exact) mass is 287 g/mol. The fourth-order valence-electron chi connectivity index (χ4n) is 2.24. The third-order valence-corrected chi connectivity index (χ3v) is 3.20. The van der Waals surface area contributed by atoms with E-state index in [9.17, 15) is 14.0 Å². The topological polar surface area (TPSA) is 77.1 Å². The van der Waals surface area contributed by atoms with E-state index in [0.29, 0.717) is 16.7 Å². The lowest BCUT2D eigenvalue weighted by atomic mass is 10.2. The zero-order valence-electron chi connectivity index (χ0n) is 10.9. The first-order valence-corrected chi connectivity index (χ1v) is 6.06. The van der Waals surface area contributed by atoms with Crippen LogP contribution in [0.5, 0.6) is 0 Å². The molecule has 3 rings (SSSR count). The molecule has 0 spiro atoms. The fraction of sp³-hybridized carbons (Fsp3) is 0.0714. The second kappa shape index (κ2) is 4.55. The van der Waals surface area contributed by atoms with Gasteiger partial charge >= 0.3 is 5.97 Å². The Bertz CT molecular complexity index is 910. The number of aromatic nitrogens is 3. The number of aromatic carboxylic acids is 1. The van der Waals surface area contributed by atoms with Crippen molar-refractivity contribution in [2.45, 2.75) is 0 Å². The Hall–Kier alpha value is -2.96. The van der Waals surface area contributed by atoms with Gasteiger partial charge < -0.3 is 5.11 Å². The molecule has 21 heavy (non-hydrogen) atoms. The molecule has 0 saturated heterocycles. The van der Waals surface area contributed by atoms with E-state index in [-0.39, 0.29) is 5.56 Å². The number of fused-ring (bicyclic) bond motifs is 1. The third kappa shape index (κ3) is 1.99. The fourth-order valence-corrected chi connectivity index (χ4v) is 2.24. The maximum absolute atomic E-state index is 13.0. The summed E-state index contributed by atoms with van der Waals surface area (Å²) in [5.41, 5.74) is -0.236. The molecule has 0 bridgehead atoms. The van der Waals surface area contributed by atoms with Gasteiger partial charge in [0.1, 0.15) is 17.0 Å². The summed E-state index contributed by atoms with van der Waals surface area (Å²) < 4.78 is 15.7. The predicted octanol–water partition coefficient (Wildman–Crippen LogP) is 1.56. The van der Waals surface area contributed by atoms with E-state index in [4.69, 9.17) is 5.11 Å². The van der Waals surface area contributed by atoms with Gasteiger partial charge in [-0.1, -0.05) is 0 Å². The summed E-state index contributed by atoms with van der Waals surface area (Å²) in [6.07, 6.45) is 1.47. The molecule has 2 aromatic heterocycles. The molecular formula is C14H10FN3O3. The normalized spacial score (nSPS) is 11.0. The molecule has 0 fully saturated rings. The highest BCUT2D eigenvalue weighted by Gasteiger charge is 2.18. The van der Waals surface area contributed by atoms with Crippen molar-refractivity contribution in [2.24, 2.45) is 7.05 Å². The van der Waals surface area contributed by atoms with E-state index in [1.54, 1.807) is 7.05 Å². The smallest absolute Gasteiger partial charge is 0.341 e. The predicted molar refractivity (Wildman–Crippen MR) is 73.2 cm³/mol. The van der Waals surface area contributed by atoms with Crippen LogP contribution in [0, 0.1) is 5.82 Å². The Morgan fingerprint density at radius 2 is 1.95 bits per heavy atom. The SMILES string of the molecule is Cn1ncc2cc(C(=O)O)c(=O)n(-c3ccc(F)cc3)c21. The third-order valence-electron chi connectivity index (χ3n) is 3.20. The van der Waals surface area contributed by atoms with Crippen molar-refractivity contribution in [1.29, 1.82) is 0 Å². The lowest BCUT2D eigenvalue weighted by Crippen LogP contribution is -2.26. The first kappa shape index (κ1) is 13.0. The Morgan fingerprint density at radius 3 is 2.57 bits per heavy atom. The zero-order valence-corrected chi connectivity index (χ0v) is 10.9. The van der Waals surface area contributed by atoms with E-state index in [1.807, 2.05) is 0 Å². The molecule has 0 aliphatic rings. The van der Waals surface area contributed by atoms with E-state index in [1.165, 1.54) is 45.8 Å². The molecule has 1 aromatic carbocycles. The number of benzene rings is 1. The van der Waals surface area contributed by atoms with Crippen LogP contribution >= 0.6 is 0 Å². The molecule has 0 unspecified atom stereocenters. The van der Waals surface area contributed by atoms with Crippen LogP contribution < -0.4 is 5.56 Å². The Balaban J connectivity index is 2.46. The molecule has 0 aliphatic heterocycles. The van der Waals surface area contributed by atoms with Gasteiger partial charge in [-0.3, -0.25) is 14.0 Å². The van der Waals surface area contributed by atoms with Gasteiger partial charge in [-0.15, -0.1) is 0 Å². The van der Waals surface area contributed by atoms with Gasteiger partial charge in [0.2, 0.25) is 0 Å². The molecule has 6 nitrogen and oxygen atoms in total. The molecule has 7 heteroatoms. The molecule has 106 valence electrons. The van der Waals surface area contributed by atoms with Crippen LogP contribution in [0.4, 0.5) is 4.39 Å². The highest BCUT2D eigenvalue weighted by Crippen LogP contribution is 2.17. The standard InChI is InChI=1S/C14H10FN3O3/c1-17-12-8(7-16-17)6-11(14(20)21)13(19)18(12)10-4-2-9(15)3-5-10/h2-7H,1H3,(H,20,21). The molecule has 0 amide bonds. The van der Waals surface area contributed by atoms with Crippen molar-refractivity contribution < 1.29 is 14.3 Å². The number of aryl methyl sites for hydroxylation is 1. The number of hydrogen-bond acceptors (Lipinski definition) is 3. The van der Waals surface area contributed by atoms with Gasteiger partial charge in [0.25, 0.3) is 5.56 Å². The lowest BCUT2D eigenvalue weighted by molar-refractivity contribution is 0.0695. The number of carbonyl (C=O) groups is 1. The molecule has 0 atom stereocenters. The summed E-state index contributed by atoms with van der Waals surface area (Å²) in [6, 6.07) is 6.52. The van der Waals surface area contributed by atoms with Crippen LogP contribution in [0.3, 0.4) is 0 Å². The van der Waals surface area contributed by atoms with Crippen molar-refractivity contribution >= 4 is 17.0 Å². The van der Waals surface area contributed by atoms with Crippen LogP contribution in [-0.2, 0) is 7.05 Å². The number of rotatable bonds is 2. The summed E-state index contributed by atoms with van der Waals surface area (Å²) in [6.45, 7) is 0.